The van der Waals surface area contributed by atoms with Gasteiger partial charge in [-0.3, -0.25) is 4.98 Å². The van der Waals surface area contributed by atoms with E-state index < -0.39 is 0 Å². The van der Waals surface area contributed by atoms with E-state index in [1.165, 1.54) is 17.5 Å². The summed E-state index contributed by atoms with van der Waals surface area (Å²) < 4.78 is 0. The molecule has 1 aromatic rings. The van der Waals surface area contributed by atoms with Crippen molar-refractivity contribution in [3.05, 3.63) is 29.6 Å². The second-order valence-electron chi connectivity index (χ2n) is 5.63. The minimum atomic E-state index is 0.479. The molecule has 1 fully saturated rings. The lowest BCUT2D eigenvalue weighted by molar-refractivity contribution is 0.422. The molecule has 1 heterocycles. The molecule has 2 heteroatoms. The molecule has 2 atom stereocenters. The standard InChI is InChI=1S/C14H22N2/c1-5-16-13(12-7-14(12,3)4)11-6-10(2)8-15-9-11/h6,8-9,12-13,16H,5,7H2,1-4H3. The fraction of sp³-hybridized carbons (Fsp3) is 0.643. The summed E-state index contributed by atoms with van der Waals surface area (Å²) in [6.45, 7) is 10.0. The maximum absolute atomic E-state index is 4.31. The molecule has 0 aromatic carbocycles. The Bertz CT molecular complexity index is 371. The average molecular weight is 218 g/mol. The van der Waals surface area contributed by atoms with Crippen LogP contribution in [0, 0.1) is 18.3 Å². The molecule has 1 aromatic heterocycles. The molecular weight excluding hydrogens is 196 g/mol. The monoisotopic (exact) mass is 218 g/mol. The highest BCUT2D eigenvalue weighted by Gasteiger charge is 2.50. The fourth-order valence-electron chi connectivity index (χ4n) is 2.54. The van der Waals surface area contributed by atoms with Crippen molar-refractivity contribution in [1.29, 1.82) is 0 Å². The summed E-state index contributed by atoms with van der Waals surface area (Å²) in [5.74, 6) is 0.760. The molecule has 0 radical (unpaired) electrons. The molecule has 88 valence electrons. The third-order valence-electron chi connectivity index (χ3n) is 3.67. The lowest BCUT2D eigenvalue weighted by Gasteiger charge is -2.20. The topological polar surface area (TPSA) is 24.9 Å². The highest BCUT2D eigenvalue weighted by Crippen LogP contribution is 2.57. The van der Waals surface area contributed by atoms with Crippen LogP contribution >= 0.6 is 0 Å². The van der Waals surface area contributed by atoms with Gasteiger partial charge in [0.15, 0.2) is 0 Å². The Morgan fingerprint density at radius 1 is 1.50 bits per heavy atom. The summed E-state index contributed by atoms with van der Waals surface area (Å²) in [4.78, 5) is 4.31. The smallest absolute Gasteiger partial charge is 0.0369 e. The number of hydrogen-bond donors (Lipinski definition) is 1. The van der Waals surface area contributed by atoms with Crippen LogP contribution in [0.25, 0.3) is 0 Å². The van der Waals surface area contributed by atoms with Crippen molar-refractivity contribution in [2.75, 3.05) is 6.54 Å². The van der Waals surface area contributed by atoms with E-state index in [1.54, 1.807) is 0 Å². The van der Waals surface area contributed by atoms with Crippen molar-refractivity contribution in [3.8, 4) is 0 Å². The second-order valence-corrected chi connectivity index (χ2v) is 5.63. The van der Waals surface area contributed by atoms with Gasteiger partial charge < -0.3 is 5.32 Å². The van der Waals surface area contributed by atoms with Crippen LogP contribution in [0.2, 0.25) is 0 Å². The van der Waals surface area contributed by atoms with Crippen LogP contribution in [0.15, 0.2) is 18.5 Å². The fourth-order valence-corrected chi connectivity index (χ4v) is 2.54. The third kappa shape index (κ3) is 2.27. The molecule has 2 unspecified atom stereocenters. The molecule has 1 N–H and O–H groups in total. The van der Waals surface area contributed by atoms with Crippen molar-refractivity contribution in [3.63, 3.8) is 0 Å². The van der Waals surface area contributed by atoms with Crippen LogP contribution in [-0.4, -0.2) is 11.5 Å². The molecule has 1 aliphatic carbocycles. The van der Waals surface area contributed by atoms with Crippen molar-refractivity contribution < 1.29 is 0 Å². The highest BCUT2D eigenvalue weighted by atomic mass is 14.9. The van der Waals surface area contributed by atoms with Crippen LogP contribution in [0.1, 0.15) is 44.4 Å². The Morgan fingerprint density at radius 2 is 2.19 bits per heavy atom. The van der Waals surface area contributed by atoms with Gasteiger partial charge in [-0.1, -0.05) is 26.8 Å². The Morgan fingerprint density at radius 3 is 2.69 bits per heavy atom. The van der Waals surface area contributed by atoms with Crippen molar-refractivity contribution in [2.24, 2.45) is 11.3 Å². The van der Waals surface area contributed by atoms with Gasteiger partial charge in [-0.2, -0.15) is 0 Å². The van der Waals surface area contributed by atoms with Crippen LogP contribution in [0.3, 0.4) is 0 Å². The van der Waals surface area contributed by atoms with E-state index in [0.29, 0.717) is 11.5 Å². The number of aromatic nitrogens is 1. The zero-order chi connectivity index (χ0) is 11.8. The molecular formula is C14H22N2. The van der Waals surface area contributed by atoms with E-state index in [0.717, 1.165) is 12.5 Å². The van der Waals surface area contributed by atoms with E-state index >= 15 is 0 Å². The van der Waals surface area contributed by atoms with Crippen LogP contribution in [-0.2, 0) is 0 Å². The highest BCUT2D eigenvalue weighted by molar-refractivity contribution is 5.23. The second kappa shape index (κ2) is 4.17. The van der Waals surface area contributed by atoms with Crippen molar-refractivity contribution in [1.82, 2.24) is 10.3 Å². The maximum atomic E-state index is 4.31. The maximum Gasteiger partial charge on any atom is 0.0369 e. The van der Waals surface area contributed by atoms with Crippen LogP contribution in [0.5, 0.6) is 0 Å². The normalized spacial score (nSPS) is 24.1. The van der Waals surface area contributed by atoms with Gasteiger partial charge in [0, 0.05) is 18.4 Å². The molecule has 2 nitrogen and oxygen atoms in total. The number of nitrogens with one attached hydrogen (secondary N) is 1. The van der Waals surface area contributed by atoms with Gasteiger partial charge in [0.25, 0.3) is 0 Å². The summed E-state index contributed by atoms with van der Waals surface area (Å²) >= 11 is 0. The Labute approximate surface area is 98.5 Å². The Balaban J connectivity index is 2.20. The third-order valence-corrected chi connectivity index (χ3v) is 3.67. The predicted octanol–water partition coefficient (Wildman–Crippen LogP) is 3.09. The van der Waals surface area contributed by atoms with E-state index in [9.17, 15) is 0 Å². The van der Waals surface area contributed by atoms with Gasteiger partial charge in [0.2, 0.25) is 0 Å². The van der Waals surface area contributed by atoms with E-state index in [4.69, 9.17) is 0 Å². The van der Waals surface area contributed by atoms with E-state index in [1.807, 2.05) is 12.4 Å². The molecule has 2 rings (SSSR count). The number of pyridine rings is 1. The molecule has 1 saturated carbocycles. The number of hydrogen-bond acceptors (Lipinski definition) is 2. The molecule has 1 aliphatic rings. The largest absolute Gasteiger partial charge is 0.310 e. The SMILES string of the molecule is CCNC(c1cncc(C)c1)C1CC1(C)C. The predicted molar refractivity (Wildman–Crippen MR) is 67.3 cm³/mol. The first-order valence-corrected chi connectivity index (χ1v) is 6.19. The van der Waals surface area contributed by atoms with E-state index in [2.05, 4.69) is 44.1 Å². The summed E-state index contributed by atoms with van der Waals surface area (Å²) in [7, 11) is 0. The lowest BCUT2D eigenvalue weighted by atomic mass is 9.97. The molecule has 0 spiro atoms. The lowest BCUT2D eigenvalue weighted by Crippen LogP contribution is -2.24. The zero-order valence-corrected chi connectivity index (χ0v) is 10.7. The summed E-state index contributed by atoms with van der Waals surface area (Å²) in [6, 6.07) is 2.74. The van der Waals surface area contributed by atoms with Gasteiger partial charge >= 0.3 is 0 Å². The summed E-state index contributed by atoms with van der Waals surface area (Å²) in [5, 5.41) is 3.60. The van der Waals surface area contributed by atoms with Crippen LogP contribution < -0.4 is 5.32 Å². The summed E-state index contributed by atoms with van der Waals surface area (Å²) in [5.41, 5.74) is 3.09. The first-order valence-electron chi connectivity index (χ1n) is 6.19. The Kier molecular flexibility index (Phi) is 3.02. The Hall–Kier alpha value is -0.890. The summed E-state index contributed by atoms with van der Waals surface area (Å²) in [6.07, 6.45) is 5.25. The molecule has 16 heavy (non-hydrogen) atoms. The van der Waals surface area contributed by atoms with Crippen molar-refractivity contribution >= 4 is 0 Å². The van der Waals surface area contributed by atoms with Gasteiger partial charge in [-0.15, -0.1) is 0 Å². The minimum absolute atomic E-state index is 0.479. The van der Waals surface area contributed by atoms with E-state index in [-0.39, 0.29) is 0 Å². The first kappa shape index (κ1) is 11.6. The molecule has 0 bridgehead atoms. The van der Waals surface area contributed by atoms with Gasteiger partial charge in [0.1, 0.15) is 0 Å². The number of aryl methyl sites for hydroxylation is 1. The van der Waals surface area contributed by atoms with Crippen molar-refractivity contribution in [2.45, 2.75) is 40.2 Å². The minimum Gasteiger partial charge on any atom is -0.310 e. The molecule has 0 aliphatic heterocycles. The number of nitrogens with zero attached hydrogens (tertiary/aromatic N) is 1. The average Bonchev–Trinajstić information content (AvgIpc) is 2.84. The molecule has 0 amide bonds. The van der Waals surface area contributed by atoms with Gasteiger partial charge in [-0.25, -0.2) is 0 Å². The van der Waals surface area contributed by atoms with Gasteiger partial charge in [0.05, 0.1) is 0 Å². The zero-order valence-electron chi connectivity index (χ0n) is 10.7. The first-order chi connectivity index (χ1) is 7.54. The molecule has 0 saturated heterocycles. The number of rotatable bonds is 4. The quantitative estimate of drug-likeness (QED) is 0.840. The van der Waals surface area contributed by atoms with Crippen LogP contribution in [0.4, 0.5) is 0 Å². The van der Waals surface area contributed by atoms with Gasteiger partial charge in [-0.05, 0) is 42.3 Å².